The predicted octanol–water partition coefficient (Wildman–Crippen LogP) is 3.14. The van der Waals surface area contributed by atoms with Crippen molar-refractivity contribution in [1.29, 1.82) is 0 Å². The Morgan fingerprint density at radius 1 is 1.23 bits per heavy atom. The molecule has 0 saturated carbocycles. The van der Waals surface area contributed by atoms with Gasteiger partial charge in [0.1, 0.15) is 0 Å². The smallest absolute Gasteiger partial charge is 0.0790 e. The summed E-state index contributed by atoms with van der Waals surface area (Å²) < 4.78 is 0. The van der Waals surface area contributed by atoms with Gasteiger partial charge in [0.15, 0.2) is 0 Å². The molecule has 1 aromatic carbocycles. The van der Waals surface area contributed by atoms with Gasteiger partial charge in [-0.2, -0.15) is 0 Å². The molecular weight excluding hydrogens is 160 g/mol. The lowest BCUT2D eigenvalue weighted by Gasteiger charge is -2.11. The zero-order chi connectivity index (χ0) is 9.84. The molecule has 0 saturated heterocycles. The molecule has 0 bridgehead atoms. The third-order valence-corrected chi connectivity index (χ3v) is 2.48. The lowest BCUT2D eigenvalue weighted by Crippen LogP contribution is -1.97. The molecule has 1 aromatic rings. The minimum absolute atomic E-state index is 0.288. The highest BCUT2D eigenvalue weighted by molar-refractivity contribution is 5.30. The summed E-state index contributed by atoms with van der Waals surface area (Å²) in [7, 11) is 0. The fourth-order valence-electron chi connectivity index (χ4n) is 1.41. The van der Waals surface area contributed by atoms with Crippen molar-refractivity contribution in [2.24, 2.45) is 0 Å². The quantitative estimate of drug-likeness (QED) is 0.754. The Labute approximate surface area is 80.4 Å². The molecule has 0 heterocycles. The second-order valence-electron chi connectivity index (χ2n) is 3.65. The van der Waals surface area contributed by atoms with Gasteiger partial charge >= 0.3 is 0 Å². The first-order valence-electron chi connectivity index (χ1n) is 4.90. The van der Waals surface area contributed by atoms with Crippen molar-refractivity contribution in [3.8, 4) is 0 Å². The molecule has 1 heteroatoms. The molecule has 0 aliphatic carbocycles. The number of aliphatic hydroxyl groups is 1. The van der Waals surface area contributed by atoms with E-state index in [9.17, 15) is 5.11 Å². The van der Waals surface area contributed by atoms with Gasteiger partial charge in [0.25, 0.3) is 0 Å². The van der Waals surface area contributed by atoms with E-state index in [-0.39, 0.29) is 6.10 Å². The number of aryl methyl sites for hydroxylation is 2. The van der Waals surface area contributed by atoms with Crippen molar-refractivity contribution in [2.75, 3.05) is 0 Å². The lowest BCUT2D eigenvalue weighted by molar-refractivity contribution is 0.166. The van der Waals surface area contributed by atoms with E-state index < -0.39 is 0 Å². The van der Waals surface area contributed by atoms with Crippen LogP contribution in [0.2, 0.25) is 0 Å². The molecule has 0 aromatic heterocycles. The summed E-state index contributed by atoms with van der Waals surface area (Å²) in [4.78, 5) is 0. The molecule has 0 aliphatic heterocycles. The topological polar surface area (TPSA) is 20.2 Å². The first kappa shape index (κ1) is 10.3. The van der Waals surface area contributed by atoms with Crippen LogP contribution in [0.5, 0.6) is 0 Å². The van der Waals surface area contributed by atoms with E-state index in [4.69, 9.17) is 0 Å². The van der Waals surface area contributed by atoms with E-state index in [0.29, 0.717) is 0 Å². The van der Waals surface area contributed by atoms with E-state index in [1.807, 2.05) is 6.07 Å². The summed E-state index contributed by atoms with van der Waals surface area (Å²) in [6.07, 6.45) is 1.58. The lowest BCUT2D eigenvalue weighted by atomic mass is 10.0. The molecule has 1 N–H and O–H groups in total. The summed E-state index contributed by atoms with van der Waals surface area (Å²) >= 11 is 0. The Bertz CT molecular complexity index is 278. The molecular formula is C12H18O. The molecule has 13 heavy (non-hydrogen) atoms. The van der Waals surface area contributed by atoms with Gasteiger partial charge in [0.05, 0.1) is 6.10 Å². The highest BCUT2D eigenvalue weighted by Gasteiger charge is 2.06. The summed E-state index contributed by atoms with van der Waals surface area (Å²) in [5.74, 6) is 0. The van der Waals surface area contributed by atoms with E-state index in [1.54, 1.807) is 0 Å². The van der Waals surface area contributed by atoms with Gasteiger partial charge in [-0.1, -0.05) is 31.5 Å². The van der Waals surface area contributed by atoms with Crippen LogP contribution in [0.3, 0.4) is 0 Å². The zero-order valence-corrected chi connectivity index (χ0v) is 8.67. The highest BCUT2D eigenvalue weighted by Crippen LogP contribution is 2.20. The van der Waals surface area contributed by atoms with E-state index in [1.165, 1.54) is 11.1 Å². The maximum atomic E-state index is 9.74. The summed E-state index contributed by atoms with van der Waals surface area (Å²) in [6.45, 7) is 6.26. The second kappa shape index (κ2) is 4.43. The third kappa shape index (κ3) is 2.56. The van der Waals surface area contributed by atoms with Gasteiger partial charge in [-0.05, 0) is 37.0 Å². The monoisotopic (exact) mass is 178 g/mol. The number of hydrogen-bond donors (Lipinski definition) is 1. The molecule has 1 rings (SSSR count). The maximum absolute atomic E-state index is 9.74. The normalized spacial score (nSPS) is 12.9. The number of benzene rings is 1. The molecule has 1 atom stereocenters. The van der Waals surface area contributed by atoms with Gasteiger partial charge in [-0.15, -0.1) is 0 Å². The fourth-order valence-corrected chi connectivity index (χ4v) is 1.41. The van der Waals surface area contributed by atoms with Crippen molar-refractivity contribution in [3.63, 3.8) is 0 Å². The van der Waals surface area contributed by atoms with Crippen molar-refractivity contribution < 1.29 is 5.11 Å². The van der Waals surface area contributed by atoms with Crippen LogP contribution in [-0.2, 0) is 0 Å². The zero-order valence-electron chi connectivity index (χ0n) is 8.67. The van der Waals surface area contributed by atoms with E-state index >= 15 is 0 Å². The van der Waals surface area contributed by atoms with Crippen LogP contribution >= 0.6 is 0 Å². The van der Waals surface area contributed by atoms with Crippen LogP contribution < -0.4 is 0 Å². The molecule has 0 aliphatic rings. The minimum atomic E-state index is -0.288. The second-order valence-corrected chi connectivity index (χ2v) is 3.65. The van der Waals surface area contributed by atoms with Crippen LogP contribution in [0.4, 0.5) is 0 Å². The van der Waals surface area contributed by atoms with Crippen LogP contribution in [0, 0.1) is 13.8 Å². The van der Waals surface area contributed by atoms with Crippen LogP contribution in [0.15, 0.2) is 18.2 Å². The van der Waals surface area contributed by atoms with Crippen molar-refractivity contribution in [1.82, 2.24) is 0 Å². The highest BCUT2D eigenvalue weighted by atomic mass is 16.3. The van der Waals surface area contributed by atoms with Gasteiger partial charge < -0.3 is 5.11 Å². The van der Waals surface area contributed by atoms with Crippen LogP contribution in [-0.4, -0.2) is 5.11 Å². The summed E-state index contributed by atoms with van der Waals surface area (Å²) in [5, 5.41) is 9.74. The largest absolute Gasteiger partial charge is 0.388 e. The first-order valence-corrected chi connectivity index (χ1v) is 4.90. The Morgan fingerprint density at radius 3 is 2.46 bits per heavy atom. The summed E-state index contributed by atoms with van der Waals surface area (Å²) in [5.41, 5.74) is 3.59. The first-order chi connectivity index (χ1) is 6.15. The molecule has 0 spiro atoms. The van der Waals surface area contributed by atoms with Gasteiger partial charge in [-0.25, -0.2) is 0 Å². The average molecular weight is 178 g/mol. The number of aliphatic hydroxyl groups excluding tert-OH is 1. The Balaban J connectivity index is 2.84. The van der Waals surface area contributed by atoms with Crippen molar-refractivity contribution in [2.45, 2.75) is 39.7 Å². The fraction of sp³-hybridized carbons (Fsp3) is 0.500. The molecule has 72 valence electrons. The Hall–Kier alpha value is -0.820. The predicted molar refractivity (Wildman–Crippen MR) is 55.8 cm³/mol. The van der Waals surface area contributed by atoms with Crippen LogP contribution in [0.25, 0.3) is 0 Å². The van der Waals surface area contributed by atoms with Gasteiger partial charge in [0, 0.05) is 0 Å². The number of rotatable bonds is 3. The maximum Gasteiger partial charge on any atom is 0.0790 e. The minimum Gasteiger partial charge on any atom is -0.388 e. The molecule has 0 fully saturated rings. The van der Waals surface area contributed by atoms with E-state index in [2.05, 4.69) is 32.9 Å². The van der Waals surface area contributed by atoms with Crippen molar-refractivity contribution in [3.05, 3.63) is 34.9 Å². The molecule has 0 radical (unpaired) electrons. The van der Waals surface area contributed by atoms with E-state index in [0.717, 1.165) is 18.4 Å². The van der Waals surface area contributed by atoms with Crippen molar-refractivity contribution >= 4 is 0 Å². The Kier molecular flexibility index (Phi) is 3.49. The summed E-state index contributed by atoms with van der Waals surface area (Å²) in [6, 6.07) is 6.17. The molecule has 1 nitrogen and oxygen atoms in total. The molecule has 0 unspecified atom stereocenters. The SMILES string of the molecule is CCC[C@@H](O)c1ccc(C)c(C)c1. The molecule has 0 amide bonds. The van der Waals surface area contributed by atoms with Gasteiger partial charge in [-0.3, -0.25) is 0 Å². The average Bonchev–Trinajstić information content (AvgIpc) is 2.10. The Morgan fingerprint density at radius 2 is 1.92 bits per heavy atom. The van der Waals surface area contributed by atoms with Gasteiger partial charge in [0.2, 0.25) is 0 Å². The standard InChI is InChI=1S/C12H18O/c1-4-5-12(13)11-7-6-9(2)10(3)8-11/h6-8,12-13H,4-5H2,1-3H3/t12-/m1/s1. The van der Waals surface area contributed by atoms with Crippen LogP contribution in [0.1, 0.15) is 42.6 Å². The third-order valence-electron chi connectivity index (χ3n) is 2.48. The number of hydrogen-bond acceptors (Lipinski definition) is 1.